The van der Waals surface area contributed by atoms with Gasteiger partial charge in [-0.1, -0.05) is 11.6 Å². The molecule has 0 amide bonds. The molecule has 0 fully saturated rings. The van der Waals surface area contributed by atoms with Gasteiger partial charge in [0, 0.05) is 12.1 Å². The van der Waals surface area contributed by atoms with Crippen molar-refractivity contribution in [3.63, 3.8) is 0 Å². The topological polar surface area (TPSA) is 69.2 Å². The predicted octanol–water partition coefficient (Wildman–Crippen LogP) is 2.96. The fourth-order valence-corrected chi connectivity index (χ4v) is 1.35. The summed E-state index contributed by atoms with van der Waals surface area (Å²) < 4.78 is 5.02. The lowest BCUT2D eigenvalue weighted by atomic mass is 10.2. The highest BCUT2D eigenvalue weighted by atomic mass is 35.5. The lowest BCUT2D eigenvalue weighted by Crippen LogP contribution is -1.89. The molecule has 2 rings (SSSR count). The molecule has 0 spiro atoms. The van der Waals surface area contributed by atoms with E-state index in [9.17, 15) is 10.1 Å². The molecule has 1 atom stereocenters. The number of oxazole rings is 1. The summed E-state index contributed by atoms with van der Waals surface area (Å²) in [4.78, 5) is 13.9. The monoisotopic (exact) mass is 258 g/mol. The molecule has 0 radical (unpaired) electrons. The Balaban J connectivity index is 0.00000128. The highest BCUT2D eigenvalue weighted by Gasteiger charge is 2.13. The molecular weight excluding hydrogens is 251 g/mol. The van der Waals surface area contributed by atoms with Crippen LogP contribution in [-0.4, -0.2) is 9.91 Å². The standard InChI is InChI=1S/C9H5ClN2O3.H3P/c10-8-2-1-6(12(13)14)5-7(8)9-11-3-4-15-9;/h1-5H;1H3. The van der Waals surface area contributed by atoms with Crippen molar-refractivity contribution in [1.82, 2.24) is 4.98 Å². The van der Waals surface area contributed by atoms with Gasteiger partial charge in [-0.25, -0.2) is 4.98 Å². The Morgan fingerprint density at radius 3 is 2.75 bits per heavy atom. The van der Waals surface area contributed by atoms with Crippen molar-refractivity contribution in [2.75, 3.05) is 0 Å². The molecule has 5 nitrogen and oxygen atoms in total. The maximum atomic E-state index is 10.5. The molecule has 1 heterocycles. The van der Waals surface area contributed by atoms with Gasteiger partial charge in [0.2, 0.25) is 5.89 Å². The Bertz CT molecular complexity index is 501. The summed E-state index contributed by atoms with van der Waals surface area (Å²) in [7, 11) is 0. The van der Waals surface area contributed by atoms with Gasteiger partial charge in [0.15, 0.2) is 0 Å². The number of nitro benzene ring substituents is 1. The first-order chi connectivity index (χ1) is 7.18. The van der Waals surface area contributed by atoms with E-state index in [2.05, 4.69) is 4.98 Å². The van der Waals surface area contributed by atoms with Crippen LogP contribution in [0, 0.1) is 10.1 Å². The number of non-ortho nitro benzene ring substituents is 1. The summed E-state index contributed by atoms with van der Waals surface area (Å²) >= 11 is 5.87. The van der Waals surface area contributed by atoms with Crippen LogP contribution < -0.4 is 0 Å². The number of hydrogen-bond donors (Lipinski definition) is 0. The van der Waals surface area contributed by atoms with E-state index >= 15 is 0 Å². The Kier molecular flexibility index (Phi) is 3.99. The van der Waals surface area contributed by atoms with Gasteiger partial charge in [0.25, 0.3) is 5.69 Å². The maximum absolute atomic E-state index is 10.5. The Labute approximate surface area is 99.2 Å². The minimum Gasteiger partial charge on any atom is -0.444 e. The molecule has 1 aromatic heterocycles. The molecule has 16 heavy (non-hydrogen) atoms. The van der Waals surface area contributed by atoms with E-state index in [1.165, 1.54) is 30.7 Å². The first kappa shape index (κ1) is 12.6. The fourth-order valence-electron chi connectivity index (χ4n) is 1.15. The van der Waals surface area contributed by atoms with Gasteiger partial charge >= 0.3 is 0 Å². The zero-order valence-electron chi connectivity index (χ0n) is 8.09. The van der Waals surface area contributed by atoms with E-state index in [1.807, 2.05) is 0 Å². The molecular formula is C9H8ClN2O3P. The third-order valence-corrected chi connectivity index (χ3v) is 2.15. The molecule has 1 aromatic carbocycles. The van der Waals surface area contributed by atoms with Crippen LogP contribution in [0.1, 0.15) is 0 Å². The molecule has 0 bridgehead atoms. The molecule has 0 aliphatic rings. The maximum Gasteiger partial charge on any atom is 0.270 e. The van der Waals surface area contributed by atoms with Crippen LogP contribution in [0.25, 0.3) is 11.5 Å². The summed E-state index contributed by atoms with van der Waals surface area (Å²) in [5.41, 5.74) is 0.364. The van der Waals surface area contributed by atoms with E-state index in [0.29, 0.717) is 10.6 Å². The van der Waals surface area contributed by atoms with Crippen molar-refractivity contribution in [3.05, 3.63) is 45.8 Å². The van der Waals surface area contributed by atoms with Gasteiger partial charge in [0.1, 0.15) is 6.26 Å². The molecule has 1 unspecified atom stereocenters. The van der Waals surface area contributed by atoms with Crippen LogP contribution in [0.2, 0.25) is 5.02 Å². The number of nitro groups is 1. The largest absolute Gasteiger partial charge is 0.444 e. The average molecular weight is 259 g/mol. The van der Waals surface area contributed by atoms with Gasteiger partial charge in [-0.15, -0.1) is 0 Å². The summed E-state index contributed by atoms with van der Waals surface area (Å²) in [6.07, 6.45) is 2.83. The van der Waals surface area contributed by atoms with Crippen molar-refractivity contribution < 1.29 is 9.34 Å². The number of halogens is 1. The van der Waals surface area contributed by atoms with Crippen molar-refractivity contribution >= 4 is 27.2 Å². The first-order valence-electron chi connectivity index (χ1n) is 4.02. The number of benzene rings is 1. The van der Waals surface area contributed by atoms with Gasteiger partial charge in [0.05, 0.1) is 21.7 Å². The lowest BCUT2D eigenvalue weighted by molar-refractivity contribution is -0.384. The molecule has 2 aromatic rings. The van der Waals surface area contributed by atoms with Crippen molar-refractivity contribution in [1.29, 1.82) is 0 Å². The van der Waals surface area contributed by atoms with Gasteiger partial charge < -0.3 is 4.42 Å². The smallest absolute Gasteiger partial charge is 0.270 e. The Morgan fingerprint density at radius 1 is 1.44 bits per heavy atom. The number of rotatable bonds is 2. The Morgan fingerprint density at radius 2 is 2.19 bits per heavy atom. The first-order valence-corrected chi connectivity index (χ1v) is 4.40. The van der Waals surface area contributed by atoms with Crippen molar-refractivity contribution in [2.45, 2.75) is 0 Å². The lowest BCUT2D eigenvalue weighted by Gasteiger charge is -1.98. The van der Waals surface area contributed by atoms with E-state index in [4.69, 9.17) is 16.0 Å². The van der Waals surface area contributed by atoms with Gasteiger partial charge in [-0.2, -0.15) is 9.90 Å². The van der Waals surface area contributed by atoms with Crippen molar-refractivity contribution in [3.8, 4) is 11.5 Å². The van der Waals surface area contributed by atoms with Crippen LogP contribution in [0.15, 0.2) is 35.1 Å². The van der Waals surface area contributed by atoms with E-state index in [0.717, 1.165) is 0 Å². The zero-order chi connectivity index (χ0) is 10.8. The quantitative estimate of drug-likeness (QED) is 0.472. The Hall–Kier alpha value is -1.45. The molecule has 0 saturated carbocycles. The second-order valence-corrected chi connectivity index (χ2v) is 3.17. The highest BCUT2D eigenvalue weighted by molar-refractivity contribution is 6.92. The van der Waals surface area contributed by atoms with Crippen LogP contribution in [0.5, 0.6) is 0 Å². The van der Waals surface area contributed by atoms with E-state index in [-0.39, 0.29) is 21.5 Å². The summed E-state index contributed by atoms with van der Waals surface area (Å²) in [6, 6.07) is 4.10. The highest BCUT2D eigenvalue weighted by Crippen LogP contribution is 2.29. The van der Waals surface area contributed by atoms with Gasteiger partial charge in [-0.3, -0.25) is 10.1 Å². The zero-order valence-corrected chi connectivity index (χ0v) is 10.3. The fraction of sp³-hybridized carbons (Fsp3) is 0. The SMILES string of the molecule is O=[N+]([O-])c1ccc(Cl)c(-c2ncco2)c1.P. The third kappa shape index (κ3) is 2.38. The number of hydrogen-bond acceptors (Lipinski definition) is 4. The second-order valence-electron chi connectivity index (χ2n) is 2.76. The van der Waals surface area contributed by atoms with Crippen LogP contribution in [-0.2, 0) is 0 Å². The van der Waals surface area contributed by atoms with Crippen LogP contribution in [0.4, 0.5) is 5.69 Å². The molecule has 7 heteroatoms. The molecule has 0 aliphatic carbocycles. The molecule has 0 N–H and O–H groups in total. The predicted molar refractivity (Wildman–Crippen MR) is 64.7 cm³/mol. The van der Waals surface area contributed by atoms with Gasteiger partial charge in [-0.05, 0) is 6.07 Å². The minimum atomic E-state index is -0.497. The summed E-state index contributed by atoms with van der Waals surface area (Å²) in [6.45, 7) is 0. The number of aromatic nitrogens is 1. The van der Waals surface area contributed by atoms with E-state index in [1.54, 1.807) is 0 Å². The summed E-state index contributed by atoms with van der Waals surface area (Å²) in [5.74, 6) is 0.267. The minimum absolute atomic E-state index is 0. The third-order valence-electron chi connectivity index (χ3n) is 1.82. The second kappa shape index (κ2) is 5.05. The number of nitrogens with zero attached hydrogens (tertiary/aromatic N) is 2. The molecule has 0 aliphatic heterocycles. The average Bonchev–Trinajstić information content (AvgIpc) is 2.71. The van der Waals surface area contributed by atoms with E-state index < -0.39 is 4.92 Å². The molecule has 84 valence electrons. The summed E-state index contributed by atoms with van der Waals surface area (Å²) in [5, 5.41) is 10.9. The van der Waals surface area contributed by atoms with Crippen LogP contribution in [0.3, 0.4) is 0 Å². The van der Waals surface area contributed by atoms with Crippen LogP contribution >= 0.6 is 21.5 Å². The van der Waals surface area contributed by atoms with Crippen molar-refractivity contribution in [2.24, 2.45) is 0 Å². The normalized spacial score (nSPS) is 9.56. The molecule has 0 saturated heterocycles.